The van der Waals surface area contributed by atoms with Crippen LogP contribution in [0.1, 0.15) is 22.9 Å². The molecule has 130 valence electrons. The van der Waals surface area contributed by atoms with Crippen LogP contribution in [-0.4, -0.2) is 58.9 Å². The molecule has 1 amide bonds. The van der Waals surface area contributed by atoms with Gasteiger partial charge >= 0.3 is 6.18 Å². The highest BCUT2D eigenvalue weighted by molar-refractivity contribution is 7.11. The average Bonchev–Trinajstić information content (AvgIpc) is 2.97. The summed E-state index contributed by atoms with van der Waals surface area (Å²) in [4.78, 5) is 14.1. The lowest BCUT2D eigenvalue weighted by Gasteiger charge is -2.31. The zero-order valence-corrected chi connectivity index (χ0v) is 13.3. The maximum absolute atomic E-state index is 12.4. The van der Waals surface area contributed by atoms with Crippen LogP contribution in [0, 0.1) is 5.92 Å². The van der Waals surface area contributed by atoms with E-state index in [1.807, 2.05) is 4.90 Å². The first-order valence-electron chi connectivity index (χ1n) is 7.40. The van der Waals surface area contributed by atoms with Gasteiger partial charge in [-0.05, 0) is 19.4 Å². The molecule has 1 aromatic heterocycles. The topological polar surface area (TPSA) is 78.4 Å². The number of nitrogens with one attached hydrogen (secondary N) is 1. The van der Waals surface area contributed by atoms with Gasteiger partial charge in [0.05, 0.1) is 12.5 Å². The number of amides is 1. The van der Waals surface area contributed by atoms with Gasteiger partial charge in [-0.25, -0.2) is 0 Å². The molecule has 1 atom stereocenters. The summed E-state index contributed by atoms with van der Waals surface area (Å²) in [6, 6.07) is 0. The first kappa shape index (κ1) is 18.1. The molecule has 0 aromatic carbocycles. The van der Waals surface area contributed by atoms with Crippen molar-refractivity contribution in [2.24, 2.45) is 5.92 Å². The molecular weight excluding hydrogens is 333 g/mol. The fourth-order valence-electron chi connectivity index (χ4n) is 2.52. The Labute approximate surface area is 135 Å². The van der Waals surface area contributed by atoms with Crippen LogP contribution in [0.4, 0.5) is 13.2 Å². The summed E-state index contributed by atoms with van der Waals surface area (Å²) >= 11 is 0.500. The quantitative estimate of drug-likeness (QED) is 0.796. The number of likely N-dealkylation sites (tertiary alicyclic amines) is 1. The molecule has 2 N–H and O–H groups in total. The molecule has 1 aliphatic rings. The third kappa shape index (κ3) is 5.40. The molecule has 1 aromatic rings. The van der Waals surface area contributed by atoms with Gasteiger partial charge in [0.25, 0.3) is 0 Å². The number of aliphatic hydroxyl groups is 1. The van der Waals surface area contributed by atoms with Crippen molar-refractivity contribution in [1.82, 2.24) is 20.4 Å². The van der Waals surface area contributed by atoms with Crippen LogP contribution in [0.2, 0.25) is 0 Å². The summed E-state index contributed by atoms with van der Waals surface area (Å²) in [7, 11) is 0. The molecule has 0 spiro atoms. The number of carbonyl (C=O) groups excluding carboxylic acids is 1. The normalized spacial score (nSPS) is 19.7. The number of nitrogens with zero attached hydrogens (tertiary/aromatic N) is 3. The maximum atomic E-state index is 12.4. The molecule has 0 aliphatic carbocycles. The van der Waals surface area contributed by atoms with E-state index in [1.54, 1.807) is 0 Å². The molecule has 23 heavy (non-hydrogen) atoms. The Morgan fingerprint density at radius 2 is 2.22 bits per heavy atom. The van der Waals surface area contributed by atoms with Gasteiger partial charge in [-0.3, -0.25) is 4.79 Å². The Hall–Kier alpha value is -1.26. The second-order valence-corrected chi connectivity index (χ2v) is 6.47. The molecule has 1 aliphatic heterocycles. The lowest BCUT2D eigenvalue weighted by atomic mass is 9.97. The zero-order chi connectivity index (χ0) is 16.9. The SMILES string of the molecule is O=C(NCCc1nnc(C(F)(F)F)s1)[C@@H]1CCCN(CCO)C1. The molecule has 0 radical (unpaired) electrons. The Balaban J connectivity index is 1.75. The number of carbonyl (C=O) groups is 1. The second-order valence-electron chi connectivity index (χ2n) is 5.40. The van der Waals surface area contributed by atoms with Crippen molar-refractivity contribution in [3.05, 3.63) is 10.0 Å². The molecular formula is C13H19F3N4O2S. The predicted octanol–water partition coefficient (Wildman–Crippen LogP) is 0.920. The molecule has 1 saturated heterocycles. The minimum atomic E-state index is -4.47. The highest BCUT2D eigenvalue weighted by Crippen LogP contribution is 2.31. The number of aliphatic hydroxyl groups excluding tert-OH is 1. The molecule has 10 heteroatoms. The van der Waals surface area contributed by atoms with E-state index in [4.69, 9.17) is 5.11 Å². The molecule has 6 nitrogen and oxygen atoms in total. The van der Waals surface area contributed by atoms with Crippen LogP contribution < -0.4 is 5.32 Å². The van der Waals surface area contributed by atoms with E-state index in [2.05, 4.69) is 15.5 Å². The molecule has 0 saturated carbocycles. The molecule has 2 rings (SSSR count). The van der Waals surface area contributed by atoms with Gasteiger partial charge in [-0.2, -0.15) is 13.2 Å². The Kier molecular flexibility index (Phi) is 6.31. The summed E-state index contributed by atoms with van der Waals surface area (Å²) in [5.74, 6) is -0.247. The molecule has 2 heterocycles. The van der Waals surface area contributed by atoms with Gasteiger partial charge < -0.3 is 15.3 Å². The predicted molar refractivity (Wildman–Crippen MR) is 77.9 cm³/mol. The number of alkyl halides is 3. The van der Waals surface area contributed by atoms with E-state index in [1.165, 1.54) is 0 Å². The van der Waals surface area contributed by atoms with Gasteiger partial charge in [-0.1, -0.05) is 11.3 Å². The van der Waals surface area contributed by atoms with Crippen LogP contribution in [-0.2, 0) is 17.4 Å². The first-order chi connectivity index (χ1) is 10.9. The van der Waals surface area contributed by atoms with Crippen LogP contribution in [0.25, 0.3) is 0 Å². The van der Waals surface area contributed by atoms with Gasteiger partial charge in [0, 0.05) is 26.1 Å². The van der Waals surface area contributed by atoms with Crippen molar-refractivity contribution < 1.29 is 23.1 Å². The van der Waals surface area contributed by atoms with E-state index in [9.17, 15) is 18.0 Å². The van der Waals surface area contributed by atoms with Crippen LogP contribution in [0.5, 0.6) is 0 Å². The minimum absolute atomic E-state index is 0.0624. The third-order valence-electron chi connectivity index (χ3n) is 3.64. The van der Waals surface area contributed by atoms with Crippen molar-refractivity contribution in [2.45, 2.75) is 25.4 Å². The zero-order valence-electron chi connectivity index (χ0n) is 12.5. The highest BCUT2D eigenvalue weighted by Gasteiger charge is 2.35. The van der Waals surface area contributed by atoms with Crippen molar-refractivity contribution in [3.63, 3.8) is 0 Å². The van der Waals surface area contributed by atoms with Gasteiger partial charge in [0.15, 0.2) is 0 Å². The summed E-state index contributed by atoms with van der Waals surface area (Å²) in [5.41, 5.74) is 0. The van der Waals surface area contributed by atoms with E-state index < -0.39 is 11.2 Å². The van der Waals surface area contributed by atoms with Crippen molar-refractivity contribution in [2.75, 3.05) is 32.8 Å². The standard InChI is InChI=1S/C13H19F3N4O2S/c14-13(15,16)12-19-18-10(23-12)3-4-17-11(22)9-2-1-5-20(8-9)6-7-21/h9,21H,1-8H2,(H,17,22)/t9-/m1/s1. The highest BCUT2D eigenvalue weighted by atomic mass is 32.1. The van der Waals surface area contributed by atoms with Gasteiger partial charge in [-0.15, -0.1) is 10.2 Å². The van der Waals surface area contributed by atoms with Crippen molar-refractivity contribution >= 4 is 17.2 Å². The first-order valence-corrected chi connectivity index (χ1v) is 8.22. The van der Waals surface area contributed by atoms with E-state index >= 15 is 0 Å². The largest absolute Gasteiger partial charge is 0.445 e. The number of hydrogen-bond donors (Lipinski definition) is 2. The van der Waals surface area contributed by atoms with Crippen molar-refractivity contribution in [3.8, 4) is 0 Å². The van der Waals surface area contributed by atoms with Gasteiger partial charge in [0.1, 0.15) is 5.01 Å². The number of β-amino-alcohol motifs (C(OH)–C–C–N with tert-alkyl or cyclic N) is 1. The lowest BCUT2D eigenvalue weighted by Crippen LogP contribution is -2.44. The van der Waals surface area contributed by atoms with E-state index in [0.717, 1.165) is 19.4 Å². The maximum Gasteiger partial charge on any atom is 0.445 e. The van der Waals surface area contributed by atoms with Crippen molar-refractivity contribution in [1.29, 1.82) is 0 Å². The summed E-state index contributed by atoms with van der Waals surface area (Å²) in [5, 5.41) is 17.6. The Morgan fingerprint density at radius 3 is 2.87 bits per heavy atom. The van der Waals surface area contributed by atoms with Crippen LogP contribution >= 0.6 is 11.3 Å². The Morgan fingerprint density at radius 1 is 1.43 bits per heavy atom. The fourth-order valence-corrected chi connectivity index (χ4v) is 3.23. The monoisotopic (exact) mass is 352 g/mol. The van der Waals surface area contributed by atoms with Gasteiger partial charge in [0.2, 0.25) is 10.9 Å². The number of piperidine rings is 1. The number of hydrogen-bond acceptors (Lipinski definition) is 6. The molecule has 0 bridgehead atoms. The van der Waals surface area contributed by atoms with Crippen LogP contribution in [0.15, 0.2) is 0 Å². The number of rotatable bonds is 6. The van der Waals surface area contributed by atoms with E-state index in [-0.39, 0.29) is 36.4 Å². The second kappa shape index (κ2) is 8.02. The summed E-state index contributed by atoms with van der Waals surface area (Å²) in [6.07, 6.45) is -2.57. The smallest absolute Gasteiger partial charge is 0.395 e. The lowest BCUT2D eigenvalue weighted by molar-refractivity contribution is -0.138. The summed E-state index contributed by atoms with van der Waals surface area (Å²) in [6.45, 7) is 2.32. The molecule has 0 unspecified atom stereocenters. The minimum Gasteiger partial charge on any atom is -0.395 e. The van der Waals surface area contributed by atoms with Crippen LogP contribution in [0.3, 0.4) is 0 Å². The third-order valence-corrected chi connectivity index (χ3v) is 4.67. The number of halogens is 3. The number of aromatic nitrogens is 2. The average molecular weight is 352 g/mol. The fraction of sp³-hybridized carbons (Fsp3) is 0.769. The Bertz CT molecular complexity index is 522. The molecule has 1 fully saturated rings. The van der Waals surface area contributed by atoms with E-state index in [0.29, 0.717) is 24.4 Å². The summed E-state index contributed by atoms with van der Waals surface area (Å²) < 4.78 is 37.2.